The van der Waals surface area contributed by atoms with Crippen LogP contribution in [0.2, 0.25) is 0 Å². The van der Waals surface area contributed by atoms with Gasteiger partial charge in [0.25, 0.3) is 0 Å². The molecule has 0 saturated heterocycles. The van der Waals surface area contributed by atoms with Crippen LogP contribution in [0, 0.1) is 13.8 Å². The monoisotopic (exact) mass is 218 g/mol. The summed E-state index contributed by atoms with van der Waals surface area (Å²) in [5.74, 6) is 0.927. The second-order valence-corrected chi connectivity index (χ2v) is 4.94. The minimum absolute atomic E-state index is 0.927. The first-order valence-electron chi connectivity index (χ1n) is 4.91. The van der Waals surface area contributed by atoms with Crippen molar-refractivity contribution in [2.24, 2.45) is 0 Å². The molecule has 2 heteroatoms. The van der Waals surface area contributed by atoms with Gasteiger partial charge in [-0.25, -0.2) is 0 Å². The Kier molecular flexibility index (Phi) is 2.78. The van der Waals surface area contributed by atoms with Gasteiger partial charge in [-0.1, -0.05) is 6.07 Å². The van der Waals surface area contributed by atoms with Crippen LogP contribution >= 0.6 is 11.3 Å². The molecule has 0 amide bonds. The molecule has 1 heterocycles. The average Bonchev–Trinajstić information content (AvgIpc) is 2.64. The Hall–Kier alpha value is -1.28. The van der Waals surface area contributed by atoms with E-state index in [1.165, 1.54) is 20.9 Å². The van der Waals surface area contributed by atoms with Crippen molar-refractivity contribution in [3.8, 4) is 16.2 Å². The molecule has 2 aromatic rings. The molecule has 0 unspecified atom stereocenters. The maximum atomic E-state index is 5.27. The minimum Gasteiger partial charge on any atom is -0.497 e. The Bertz CT molecular complexity index is 471. The van der Waals surface area contributed by atoms with Gasteiger partial charge in [0.05, 0.1) is 7.11 Å². The summed E-state index contributed by atoms with van der Waals surface area (Å²) in [7, 11) is 1.71. The molecule has 0 bridgehead atoms. The highest BCUT2D eigenvalue weighted by Crippen LogP contribution is 2.31. The normalized spacial score (nSPS) is 10.3. The van der Waals surface area contributed by atoms with Crippen molar-refractivity contribution in [3.63, 3.8) is 0 Å². The first-order chi connectivity index (χ1) is 7.19. The second kappa shape index (κ2) is 4.07. The van der Waals surface area contributed by atoms with E-state index in [4.69, 9.17) is 4.74 Å². The predicted octanol–water partition coefficient (Wildman–Crippen LogP) is 4.04. The van der Waals surface area contributed by atoms with Gasteiger partial charge in [0.2, 0.25) is 0 Å². The lowest BCUT2D eigenvalue weighted by Crippen LogP contribution is -1.84. The first kappa shape index (κ1) is 10.2. The third kappa shape index (κ3) is 2.21. The summed E-state index contributed by atoms with van der Waals surface area (Å²) >= 11 is 1.81. The van der Waals surface area contributed by atoms with Crippen LogP contribution in [0.4, 0.5) is 0 Å². The van der Waals surface area contributed by atoms with Crippen LogP contribution < -0.4 is 4.74 Å². The lowest BCUT2D eigenvalue weighted by molar-refractivity contribution is 0.414. The van der Waals surface area contributed by atoms with Crippen LogP contribution in [-0.2, 0) is 0 Å². The molecule has 1 nitrogen and oxygen atoms in total. The van der Waals surface area contributed by atoms with Crippen LogP contribution in [0.25, 0.3) is 10.4 Å². The predicted molar refractivity (Wildman–Crippen MR) is 65.8 cm³/mol. The zero-order valence-electron chi connectivity index (χ0n) is 9.20. The number of hydrogen-bond acceptors (Lipinski definition) is 2. The van der Waals surface area contributed by atoms with Crippen molar-refractivity contribution in [1.82, 2.24) is 0 Å². The fraction of sp³-hybridized carbons (Fsp3) is 0.231. The highest BCUT2D eigenvalue weighted by atomic mass is 32.1. The van der Waals surface area contributed by atoms with Crippen LogP contribution in [0.15, 0.2) is 30.3 Å². The van der Waals surface area contributed by atoms with Gasteiger partial charge in [-0.15, -0.1) is 11.3 Å². The molecule has 0 aliphatic carbocycles. The van der Waals surface area contributed by atoms with Gasteiger partial charge >= 0.3 is 0 Å². The molecule has 1 aromatic carbocycles. The molecule has 0 spiro atoms. The van der Waals surface area contributed by atoms with Gasteiger partial charge in [0.1, 0.15) is 5.75 Å². The van der Waals surface area contributed by atoms with E-state index in [1.807, 2.05) is 17.4 Å². The number of rotatable bonds is 2. The van der Waals surface area contributed by atoms with Crippen LogP contribution in [0.5, 0.6) is 5.75 Å². The van der Waals surface area contributed by atoms with Gasteiger partial charge in [-0.3, -0.25) is 0 Å². The molecule has 15 heavy (non-hydrogen) atoms. The Morgan fingerprint density at radius 1 is 1.07 bits per heavy atom. The lowest BCUT2D eigenvalue weighted by Gasteiger charge is -2.04. The van der Waals surface area contributed by atoms with E-state index in [2.05, 4.69) is 38.1 Å². The average molecular weight is 218 g/mol. The Labute approximate surface area is 94.3 Å². The Morgan fingerprint density at radius 3 is 2.47 bits per heavy atom. The van der Waals surface area contributed by atoms with Crippen molar-refractivity contribution in [3.05, 3.63) is 40.8 Å². The summed E-state index contributed by atoms with van der Waals surface area (Å²) < 4.78 is 5.27. The Balaban J connectivity index is 2.48. The fourth-order valence-corrected chi connectivity index (χ4v) is 2.45. The number of aryl methyl sites for hydroxylation is 2. The van der Waals surface area contributed by atoms with Gasteiger partial charge in [-0.05, 0) is 49.2 Å². The number of hydrogen-bond donors (Lipinski definition) is 0. The zero-order valence-corrected chi connectivity index (χ0v) is 10.0. The highest BCUT2D eigenvalue weighted by Gasteiger charge is 2.03. The van der Waals surface area contributed by atoms with Crippen molar-refractivity contribution in [2.75, 3.05) is 7.11 Å². The van der Waals surface area contributed by atoms with Crippen molar-refractivity contribution >= 4 is 11.3 Å². The summed E-state index contributed by atoms with van der Waals surface area (Å²) in [5, 5.41) is 0. The van der Waals surface area contributed by atoms with Crippen LogP contribution in [-0.4, -0.2) is 7.11 Å². The van der Waals surface area contributed by atoms with E-state index in [0.29, 0.717) is 0 Å². The molecule has 0 atom stereocenters. The van der Waals surface area contributed by atoms with Crippen molar-refractivity contribution in [1.29, 1.82) is 0 Å². The summed E-state index contributed by atoms with van der Waals surface area (Å²) in [6.45, 7) is 4.22. The topological polar surface area (TPSA) is 9.23 Å². The van der Waals surface area contributed by atoms with Crippen LogP contribution in [0.1, 0.15) is 10.4 Å². The lowest BCUT2D eigenvalue weighted by atomic mass is 10.1. The smallest absolute Gasteiger partial charge is 0.119 e. The Morgan fingerprint density at radius 2 is 1.87 bits per heavy atom. The van der Waals surface area contributed by atoms with E-state index in [1.54, 1.807) is 7.11 Å². The molecule has 0 aliphatic heterocycles. The molecule has 78 valence electrons. The molecule has 0 aliphatic rings. The molecule has 0 fully saturated rings. The molecule has 1 aromatic heterocycles. The summed E-state index contributed by atoms with van der Waals surface area (Å²) in [6.07, 6.45) is 0. The standard InChI is InChI=1S/C13H14OS/c1-9-6-11(8-12(7-9)14-3)13-5-4-10(2)15-13/h4-8H,1-3H3. The zero-order chi connectivity index (χ0) is 10.8. The van der Waals surface area contributed by atoms with Gasteiger partial charge in [0, 0.05) is 9.75 Å². The summed E-state index contributed by atoms with van der Waals surface area (Å²) in [6, 6.07) is 10.6. The molecule has 0 saturated carbocycles. The maximum Gasteiger partial charge on any atom is 0.119 e. The minimum atomic E-state index is 0.927. The molecule has 0 N–H and O–H groups in total. The first-order valence-corrected chi connectivity index (χ1v) is 5.73. The van der Waals surface area contributed by atoms with E-state index in [0.717, 1.165) is 5.75 Å². The molecular formula is C13H14OS. The maximum absolute atomic E-state index is 5.27. The van der Waals surface area contributed by atoms with E-state index < -0.39 is 0 Å². The highest BCUT2D eigenvalue weighted by molar-refractivity contribution is 7.15. The number of benzene rings is 1. The van der Waals surface area contributed by atoms with Gasteiger partial charge < -0.3 is 4.74 Å². The summed E-state index contributed by atoms with van der Waals surface area (Å²) in [4.78, 5) is 2.64. The largest absolute Gasteiger partial charge is 0.497 e. The van der Waals surface area contributed by atoms with Crippen molar-refractivity contribution < 1.29 is 4.74 Å². The third-order valence-corrected chi connectivity index (χ3v) is 3.36. The van der Waals surface area contributed by atoms with Gasteiger partial charge in [0.15, 0.2) is 0 Å². The van der Waals surface area contributed by atoms with Crippen LogP contribution in [0.3, 0.4) is 0 Å². The van der Waals surface area contributed by atoms with Crippen molar-refractivity contribution in [2.45, 2.75) is 13.8 Å². The number of thiophene rings is 1. The van der Waals surface area contributed by atoms with Gasteiger partial charge in [-0.2, -0.15) is 0 Å². The van der Waals surface area contributed by atoms with E-state index in [-0.39, 0.29) is 0 Å². The summed E-state index contributed by atoms with van der Waals surface area (Å²) in [5.41, 5.74) is 2.47. The quantitative estimate of drug-likeness (QED) is 0.739. The molecular weight excluding hydrogens is 204 g/mol. The fourth-order valence-electron chi connectivity index (χ4n) is 1.60. The molecule has 0 radical (unpaired) electrons. The van der Waals surface area contributed by atoms with E-state index in [9.17, 15) is 0 Å². The second-order valence-electron chi connectivity index (χ2n) is 3.65. The number of methoxy groups -OCH3 is 1. The molecule has 2 rings (SSSR count). The SMILES string of the molecule is COc1cc(C)cc(-c2ccc(C)s2)c1. The van der Waals surface area contributed by atoms with E-state index >= 15 is 0 Å². The third-order valence-electron chi connectivity index (χ3n) is 2.31. The number of ether oxygens (including phenoxy) is 1.